The first-order valence-corrected chi connectivity index (χ1v) is 5.76. The molecule has 1 saturated heterocycles. The van der Waals surface area contributed by atoms with Gasteiger partial charge in [-0.2, -0.15) is 0 Å². The van der Waals surface area contributed by atoms with Crippen LogP contribution in [0.4, 0.5) is 5.69 Å². The van der Waals surface area contributed by atoms with E-state index in [9.17, 15) is 0 Å². The molecule has 0 spiro atoms. The highest BCUT2D eigenvalue weighted by molar-refractivity contribution is 8.23. The van der Waals surface area contributed by atoms with Gasteiger partial charge < -0.3 is 4.90 Å². The third-order valence-electron chi connectivity index (χ3n) is 2.04. The van der Waals surface area contributed by atoms with Crippen LogP contribution in [-0.4, -0.2) is 16.6 Å². The van der Waals surface area contributed by atoms with E-state index < -0.39 is 0 Å². The summed E-state index contributed by atoms with van der Waals surface area (Å²) in [4.78, 5) is 2.21. The zero-order valence-corrected chi connectivity index (χ0v) is 8.90. The summed E-state index contributed by atoms with van der Waals surface area (Å²) in [5, 5.41) is 0. The van der Waals surface area contributed by atoms with E-state index in [4.69, 9.17) is 12.2 Å². The number of anilines is 1. The standard InChI is InChI=1S/C10H11NS2/c12-10-11(7-4-8-13-10)9-5-2-1-3-6-9/h1-3,5-6H,4,7-8H2. The third-order valence-corrected chi connectivity index (χ3v) is 3.57. The SMILES string of the molecule is S=C1SCCCN1c1ccccc1. The lowest BCUT2D eigenvalue weighted by atomic mass is 10.3. The van der Waals surface area contributed by atoms with Gasteiger partial charge >= 0.3 is 0 Å². The van der Waals surface area contributed by atoms with Crippen molar-refractivity contribution in [2.45, 2.75) is 6.42 Å². The summed E-state index contributed by atoms with van der Waals surface area (Å²) in [7, 11) is 0. The van der Waals surface area contributed by atoms with Crippen LogP contribution in [0.1, 0.15) is 6.42 Å². The van der Waals surface area contributed by atoms with Crippen molar-refractivity contribution < 1.29 is 0 Å². The second-order valence-electron chi connectivity index (χ2n) is 2.96. The molecule has 0 unspecified atom stereocenters. The fourth-order valence-corrected chi connectivity index (χ4v) is 2.64. The number of para-hydroxylation sites is 1. The first-order chi connectivity index (χ1) is 6.38. The van der Waals surface area contributed by atoms with Gasteiger partial charge in [0.1, 0.15) is 4.32 Å². The Balaban J connectivity index is 2.20. The predicted molar refractivity (Wildman–Crippen MR) is 63.5 cm³/mol. The molecule has 0 aromatic heterocycles. The van der Waals surface area contributed by atoms with Gasteiger partial charge in [-0.25, -0.2) is 0 Å². The molecule has 13 heavy (non-hydrogen) atoms. The van der Waals surface area contributed by atoms with Crippen LogP contribution in [0, 0.1) is 0 Å². The molecule has 1 aliphatic heterocycles. The number of thioether (sulfide) groups is 1. The molecule has 1 aliphatic rings. The number of thiocarbonyl (C=S) groups is 1. The number of hydrogen-bond acceptors (Lipinski definition) is 2. The second kappa shape index (κ2) is 4.11. The van der Waals surface area contributed by atoms with Crippen LogP contribution < -0.4 is 4.90 Å². The van der Waals surface area contributed by atoms with E-state index >= 15 is 0 Å². The van der Waals surface area contributed by atoms with E-state index in [0.29, 0.717) is 0 Å². The minimum absolute atomic E-state index is 1.01. The molecule has 0 amide bonds. The quantitative estimate of drug-likeness (QED) is 0.655. The second-order valence-corrected chi connectivity index (χ2v) is 4.68. The Labute approximate surface area is 88.1 Å². The zero-order valence-electron chi connectivity index (χ0n) is 7.27. The van der Waals surface area contributed by atoms with E-state index in [-0.39, 0.29) is 0 Å². The molecule has 0 bridgehead atoms. The fraction of sp³-hybridized carbons (Fsp3) is 0.300. The van der Waals surface area contributed by atoms with Gasteiger partial charge in [0.05, 0.1) is 0 Å². The highest BCUT2D eigenvalue weighted by Crippen LogP contribution is 2.24. The number of rotatable bonds is 1. The molecule has 1 aromatic rings. The van der Waals surface area contributed by atoms with Gasteiger partial charge in [0.2, 0.25) is 0 Å². The molecular formula is C10H11NS2. The van der Waals surface area contributed by atoms with E-state index in [1.807, 2.05) is 6.07 Å². The minimum Gasteiger partial charge on any atom is -0.327 e. The Morgan fingerprint density at radius 3 is 2.69 bits per heavy atom. The topological polar surface area (TPSA) is 3.24 Å². The molecule has 1 heterocycles. The van der Waals surface area contributed by atoms with Crippen LogP contribution in [0.5, 0.6) is 0 Å². The highest BCUT2D eigenvalue weighted by atomic mass is 32.2. The van der Waals surface area contributed by atoms with E-state index in [0.717, 1.165) is 10.9 Å². The summed E-state index contributed by atoms with van der Waals surface area (Å²) in [6.45, 7) is 1.07. The van der Waals surface area contributed by atoms with Gasteiger partial charge in [-0.1, -0.05) is 42.2 Å². The molecule has 1 nitrogen and oxygen atoms in total. The van der Waals surface area contributed by atoms with Crippen LogP contribution in [-0.2, 0) is 0 Å². The zero-order chi connectivity index (χ0) is 9.10. The molecule has 1 aromatic carbocycles. The van der Waals surface area contributed by atoms with E-state index in [1.54, 1.807) is 11.8 Å². The summed E-state index contributed by atoms with van der Waals surface area (Å²) in [5.41, 5.74) is 1.22. The smallest absolute Gasteiger partial charge is 0.140 e. The Bertz CT molecular complexity index is 297. The Morgan fingerprint density at radius 1 is 1.23 bits per heavy atom. The van der Waals surface area contributed by atoms with Crippen molar-refractivity contribution in [3.63, 3.8) is 0 Å². The van der Waals surface area contributed by atoms with Crippen LogP contribution in [0.3, 0.4) is 0 Å². The highest BCUT2D eigenvalue weighted by Gasteiger charge is 2.15. The lowest BCUT2D eigenvalue weighted by molar-refractivity contribution is 0.913. The van der Waals surface area contributed by atoms with E-state index in [2.05, 4.69) is 29.2 Å². The number of hydrogen-bond donors (Lipinski definition) is 0. The molecule has 1 fully saturated rings. The van der Waals surface area contributed by atoms with Crippen molar-refractivity contribution in [3.05, 3.63) is 30.3 Å². The summed E-state index contributed by atoms with van der Waals surface area (Å²) < 4.78 is 1.01. The first-order valence-electron chi connectivity index (χ1n) is 4.37. The fourth-order valence-electron chi connectivity index (χ4n) is 1.39. The van der Waals surface area contributed by atoms with Crippen LogP contribution in [0.25, 0.3) is 0 Å². The lowest BCUT2D eigenvalue weighted by Crippen LogP contribution is -2.32. The van der Waals surface area contributed by atoms with Gasteiger partial charge in [0.15, 0.2) is 0 Å². The normalized spacial score (nSPS) is 17.5. The van der Waals surface area contributed by atoms with Crippen LogP contribution in [0.15, 0.2) is 30.3 Å². The van der Waals surface area contributed by atoms with Crippen LogP contribution >= 0.6 is 24.0 Å². The third kappa shape index (κ3) is 2.03. The number of nitrogens with zero attached hydrogens (tertiary/aromatic N) is 1. The molecule has 3 heteroatoms. The largest absolute Gasteiger partial charge is 0.327 e. The van der Waals surface area contributed by atoms with Crippen LogP contribution in [0.2, 0.25) is 0 Å². The average molecular weight is 209 g/mol. The van der Waals surface area contributed by atoms with Crippen molar-refractivity contribution >= 4 is 34.0 Å². The monoisotopic (exact) mass is 209 g/mol. The van der Waals surface area contributed by atoms with Gasteiger partial charge in [-0.3, -0.25) is 0 Å². The lowest BCUT2D eigenvalue weighted by Gasteiger charge is -2.28. The average Bonchev–Trinajstić information content (AvgIpc) is 2.20. The van der Waals surface area contributed by atoms with Crippen molar-refractivity contribution in [2.24, 2.45) is 0 Å². The maximum absolute atomic E-state index is 5.30. The summed E-state index contributed by atoms with van der Waals surface area (Å²) in [6, 6.07) is 10.4. The Kier molecular flexibility index (Phi) is 2.86. The van der Waals surface area contributed by atoms with Crippen molar-refractivity contribution in [2.75, 3.05) is 17.2 Å². The van der Waals surface area contributed by atoms with Gasteiger partial charge in [0, 0.05) is 18.0 Å². The summed E-state index contributed by atoms with van der Waals surface area (Å²) in [5.74, 6) is 1.17. The molecule has 2 rings (SSSR count). The first kappa shape index (κ1) is 9.03. The van der Waals surface area contributed by atoms with Gasteiger partial charge in [-0.15, -0.1) is 0 Å². The molecular weight excluding hydrogens is 198 g/mol. The molecule has 0 aliphatic carbocycles. The Hall–Kier alpha value is -0.540. The van der Waals surface area contributed by atoms with Crippen molar-refractivity contribution in [1.29, 1.82) is 0 Å². The molecule has 0 N–H and O–H groups in total. The maximum Gasteiger partial charge on any atom is 0.140 e. The minimum atomic E-state index is 1.01. The predicted octanol–water partition coefficient (Wildman–Crippen LogP) is 2.91. The molecule has 0 saturated carbocycles. The van der Waals surface area contributed by atoms with Crippen molar-refractivity contribution in [3.8, 4) is 0 Å². The maximum atomic E-state index is 5.30. The van der Waals surface area contributed by atoms with Crippen molar-refractivity contribution in [1.82, 2.24) is 0 Å². The molecule has 0 radical (unpaired) electrons. The van der Waals surface area contributed by atoms with Gasteiger partial charge in [-0.05, 0) is 18.6 Å². The molecule has 68 valence electrons. The van der Waals surface area contributed by atoms with Gasteiger partial charge in [0.25, 0.3) is 0 Å². The number of benzene rings is 1. The Morgan fingerprint density at radius 2 is 2.00 bits per heavy atom. The van der Waals surface area contributed by atoms with E-state index in [1.165, 1.54) is 17.9 Å². The molecule has 0 atom stereocenters. The summed E-state index contributed by atoms with van der Waals surface area (Å²) >= 11 is 7.08. The summed E-state index contributed by atoms with van der Waals surface area (Å²) in [6.07, 6.45) is 1.22.